The van der Waals surface area contributed by atoms with Crippen LogP contribution in [0.3, 0.4) is 0 Å². The number of methoxy groups -OCH3 is 1. The molecule has 158 valence electrons. The predicted molar refractivity (Wildman–Crippen MR) is 118 cm³/mol. The molecule has 0 aromatic heterocycles. The molecule has 2 aromatic rings. The van der Waals surface area contributed by atoms with Crippen LogP contribution in [0, 0.1) is 0 Å². The molecule has 0 unspecified atom stereocenters. The van der Waals surface area contributed by atoms with Gasteiger partial charge in [-0.05, 0) is 67.9 Å². The molecule has 0 atom stereocenters. The average molecular weight is 407 g/mol. The van der Waals surface area contributed by atoms with Crippen molar-refractivity contribution in [2.24, 2.45) is 0 Å². The van der Waals surface area contributed by atoms with E-state index in [4.69, 9.17) is 15.2 Å². The molecule has 2 aliphatic carbocycles. The second-order valence-electron chi connectivity index (χ2n) is 8.97. The Hall–Kier alpha value is -2.69. The Kier molecular flexibility index (Phi) is 4.84. The molecule has 1 amide bonds. The first-order chi connectivity index (χ1) is 14.6. The summed E-state index contributed by atoms with van der Waals surface area (Å²) in [6, 6.07) is 11.9. The molecule has 1 aliphatic heterocycles. The molecule has 5 heteroatoms. The zero-order chi connectivity index (χ0) is 20.7. The Morgan fingerprint density at radius 3 is 2.43 bits per heavy atom. The minimum Gasteiger partial charge on any atom is -0.497 e. The fourth-order valence-corrected chi connectivity index (χ4v) is 5.28. The average Bonchev–Trinajstić information content (AvgIpc) is 2.97. The maximum absolute atomic E-state index is 13.7. The number of hydrogen-bond acceptors (Lipinski definition) is 4. The maximum Gasteiger partial charge on any atom is 0.238 e. The van der Waals surface area contributed by atoms with E-state index in [1.807, 2.05) is 41.3 Å². The van der Waals surface area contributed by atoms with Crippen LogP contribution >= 0.6 is 0 Å². The zero-order valence-electron chi connectivity index (χ0n) is 17.7. The van der Waals surface area contributed by atoms with Crippen molar-refractivity contribution in [2.75, 3.05) is 17.7 Å². The Morgan fingerprint density at radius 2 is 1.80 bits per heavy atom. The number of amides is 1. The summed E-state index contributed by atoms with van der Waals surface area (Å²) in [6.45, 7) is 0.530. The number of carbonyl (C=O) groups is 1. The third-order valence-corrected chi connectivity index (χ3v) is 7.09. The normalized spacial score (nSPS) is 20.2. The number of hydrogen-bond donors (Lipinski definition) is 1. The SMILES string of the molecule is COc1ccc(CN2C(=O)C3(CCC3)c3cc(N)cc(OC4CCCCC4)c32)cc1. The fourth-order valence-electron chi connectivity index (χ4n) is 5.28. The summed E-state index contributed by atoms with van der Waals surface area (Å²) in [6.07, 6.45) is 8.90. The smallest absolute Gasteiger partial charge is 0.238 e. The number of nitrogens with zero attached hydrogens (tertiary/aromatic N) is 1. The molecular formula is C25H30N2O3. The first kappa shape index (κ1) is 19.3. The van der Waals surface area contributed by atoms with E-state index in [9.17, 15) is 4.79 Å². The maximum atomic E-state index is 13.7. The first-order valence-electron chi connectivity index (χ1n) is 11.2. The van der Waals surface area contributed by atoms with Crippen molar-refractivity contribution in [1.82, 2.24) is 0 Å². The second kappa shape index (κ2) is 7.53. The highest BCUT2D eigenvalue weighted by Crippen LogP contribution is 2.57. The number of anilines is 2. The van der Waals surface area contributed by atoms with Gasteiger partial charge in [-0.3, -0.25) is 4.79 Å². The van der Waals surface area contributed by atoms with Gasteiger partial charge in [0.15, 0.2) is 0 Å². The number of ether oxygens (including phenoxy) is 2. The molecule has 5 nitrogen and oxygen atoms in total. The Bertz CT molecular complexity index is 944. The van der Waals surface area contributed by atoms with E-state index in [0.29, 0.717) is 12.2 Å². The summed E-state index contributed by atoms with van der Waals surface area (Å²) < 4.78 is 11.8. The minimum absolute atomic E-state index is 0.193. The van der Waals surface area contributed by atoms with Crippen molar-refractivity contribution < 1.29 is 14.3 Å². The van der Waals surface area contributed by atoms with Gasteiger partial charge in [0, 0.05) is 11.8 Å². The number of carbonyl (C=O) groups excluding carboxylic acids is 1. The second-order valence-corrected chi connectivity index (χ2v) is 8.97. The third kappa shape index (κ3) is 3.11. The largest absolute Gasteiger partial charge is 0.497 e. The zero-order valence-corrected chi connectivity index (χ0v) is 17.7. The highest BCUT2D eigenvalue weighted by molar-refractivity contribution is 6.10. The quantitative estimate of drug-likeness (QED) is 0.713. The lowest BCUT2D eigenvalue weighted by atomic mass is 9.65. The molecule has 2 saturated carbocycles. The molecule has 1 spiro atoms. The standard InChI is InChI=1S/C25H30N2O3/c1-29-19-10-8-17(9-11-19)16-27-23-21(25(24(27)28)12-5-13-25)14-18(26)15-22(23)30-20-6-3-2-4-7-20/h8-11,14-15,20H,2-7,12-13,16,26H2,1H3. The summed E-state index contributed by atoms with van der Waals surface area (Å²) in [7, 11) is 1.66. The van der Waals surface area contributed by atoms with Gasteiger partial charge < -0.3 is 20.1 Å². The van der Waals surface area contributed by atoms with Gasteiger partial charge in [-0.25, -0.2) is 0 Å². The summed E-state index contributed by atoms with van der Waals surface area (Å²) in [5.41, 5.74) is 9.64. The van der Waals surface area contributed by atoms with Gasteiger partial charge in [-0.15, -0.1) is 0 Å². The summed E-state index contributed by atoms with van der Waals surface area (Å²) in [5.74, 6) is 1.79. The van der Waals surface area contributed by atoms with Crippen molar-refractivity contribution in [3.63, 3.8) is 0 Å². The van der Waals surface area contributed by atoms with Crippen LogP contribution < -0.4 is 20.1 Å². The van der Waals surface area contributed by atoms with Gasteiger partial charge in [0.2, 0.25) is 5.91 Å². The van der Waals surface area contributed by atoms with Crippen LogP contribution in [0.4, 0.5) is 11.4 Å². The Labute approximate surface area is 178 Å². The molecule has 5 rings (SSSR count). The van der Waals surface area contributed by atoms with Gasteiger partial charge in [0.05, 0.1) is 30.9 Å². The lowest BCUT2D eigenvalue weighted by Crippen LogP contribution is -2.44. The molecule has 3 aliphatic rings. The van der Waals surface area contributed by atoms with Crippen molar-refractivity contribution in [3.8, 4) is 11.5 Å². The van der Waals surface area contributed by atoms with Crippen molar-refractivity contribution in [1.29, 1.82) is 0 Å². The molecule has 30 heavy (non-hydrogen) atoms. The van der Waals surface area contributed by atoms with Crippen LogP contribution in [0.25, 0.3) is 0 Å². The van der Waals surface area contributed by atoms with Crippen molar-refractivity contribution >= 4 is 17.3 Å². The Morgan fingerprint density at radius 1 is 1.07 bits per heavy atom. The lowest BCUT2D eigenvalue weighted by Gasteiger charge is -2.37. The van der Waals surface area contributed by atoms with Gasteiger partial charge in [0.1, 0.15) is 11.5 Å². The minimum atomic E-state index is -0.415. The van der Waals surface area contributed by atoms with Gasteiger partial charge >= 0.3 is 0 Å². The molecule has 0 bridgehead atoms. The van der Waals surface area contributed by atoms with Gasteiger partial charge in [-0.1, -0.05) is 25.0 Å². The van der Waals surface area contributed by atoms with E-state index in [2.05, 4.69) is 0 Å². The third-order valence-electron chi connectivity index (χ3n) is 7.09. The van der Waals surface area contributed by atoms with E-state index in [1.54, 1.807) is 7.11 Å². The van der Waals surface area contributed by atoms with Crippen molar-refractivity contribution in [2.45, 2.75) is 69.4 Å². The molecular weight excluding hydrogens is 376 g/mol. The molecule has 2 N–H and O–H groups in total. The topological polar surface area (TPSA) is 64.8 Å². The monoisotopic (exact) mass is 406 g/mol. The van der Waals surface area contributed by atoms with E-state index < -0.39 is 5.41 Å². The number of benzene rings is 2. The van der Waals surface area contributed by atoms with Crippen molar-refractivity contribution in [3.05, 3.63) is 47.5 Å². The summed E-state index contributed by atoms with van der Waals surface area (Å²) in [5, 5.41) is 0. The summed E-state index contributed by atoms with van der Waals surface area (Å²) >= 11 is 0. The lowest BCUT2D eigenvalue weighted by molar-refractivity contribution is -0.126. The van der Waals surface area contributed by atoms with E-state index >= 15 is 0 Å². The van der Waals surface area contributed by atoms with Gasteiger partial charge in [-0.2, -0.15) is 0 Å². The highest BCUT2D eigenvalue weighted by Gasteiger charge is 2.55. The van der Waals surface area contributed by atoms with E-state index in [-0.39, 0.29) is 12.0 Å². The van der Waals surface area contributed by atoms with E-state index in [0.717, 1.165) is 60.4 Å². The molecule has 0 radical (unpaired) electrons. The van der Waals surface area contributed by atoms with Crippen LogP contribution in [0.1, 0.15) is 62.5 Å². The number of nitrogen functional groups attached to an aromatic ring is 1. The van der Waals surface area contributed by atoms with Crippen LogP contribution in [-0.2, 0) is 16.8 Å². The Balaban J connectivity index is 1.53. The first-order valence-corrected chi connectivity index (χ1v) is 11.2. The van der Waals surface area contributed by atoms with Crippen LogP contribution in [0.5, 0.6) is 11.5 Å². The number of rotatable bonds is 5. The molecule has 1 heterocycles. The van der Waals surface area contributed by atoms with E-state index in [1.165, 1.54) is 19.3 Å². The van der Waals surface area contributed by atoms with Gasteiger partial charge in [0.25, 0.3) is 0 Å². The predicted octanol–water partition coefficient (Wildman–Crippen LogP) is 4.96. The fraction of sp³-hybridized carbons (Fsp3) is 0.480. The van der Waals surface area contributed by atoms with Crippen LogP contribution in [0.2, 0.25) is 0 Å². The van der Waals surface area contributed by atoms with Crippen LogP contribution in [0.15, 0.2) is 36.4 Å². The number of nitrogens with two attached hydrogens (primary N) is 1. The number of fused-ring (bicyclic) bond motifs is 2. The van der Waals surface area contributed by atoms with Crippen LogP contribution in [-0.4, -0.2) is 19.1 Å². The molecule has 2 aromatic carbocycles. The molecule has 0 saturated heterocycles. The highest BCUT2D eigenvalue weighted by atomic mass is 16.5. The molecule has 2 fully saturated rings. The summed E-state index contributed by atoms with van der Waals surface area (Å²) in [4.78, 5) is 15.6.